The predicted octanol–water partition coefficient (Wildman–Crippen LogP) is 2.33. The third-order valence-electron chi connectivity index (χ3n) is 3.67. The van der Waals surface area contributed by atoms with Gasteiger partial charge in [-0.3, -0.25) is 0 Å². The van der Waals surface area contributed by atoms with Gasteiger partial charge in [0.15, 0.2) is 0 Å². The summed E-state index contributed by atoms with van der Waals surface area (Å²) < 4.78 is 5.57. The Kier molecular flexibility index (Phi) is 5.28. The number of aromatic nitrogens is 3. The van der Waals surface area contributed by atoms with E-state index in [1.165, 1.54) is 32.1 Å². The van der Waals surface area contributed by atoms with E-state index in [-0.39, 0.29) is 16.7 Å². The van der Waals surface area contributed by atoms with Crippen LogP contribution in [0.1, 0.15) is 39.0 Å². The van der Waals surface area contributed by atoms with Gasteiger partial charge in [0.05, 0.1) is 6.61 Å². The molecule has 0 saturated heterocycles. The largest absolute Gasteiger partial charge is 0.464 e. The van der Waals surface area contributed by atoms with Crippen molar-refractivity contribution in [3.8, 4) is 6.01 Å². The second-order valence-electron chi connectivity index (χ2n) is 5.03. The highest BCUT2D eigenvalue weighted by molar-refractivity contribution is 8.00. The molecule has 7 heteroatoms. The number of nitrogens with one attached hydrogen (secondary N) is 1. The molecule has 0 atom stereocenters. The van der Waals surface area contributed by atoms with E-state index in [1.807, 2.05) is 18.7 Å². The summed E-state index contributed by atoms with van der Waals surface area (Å²) in [6.07, 6.45) is 8.59. The van der Waals surface area contributed by atoms with Gasteiger partial charge >= 0.3 is 6.01 Å². The first kappa shape index (κ1) is 15.2. The quantitative estimate of drug-likeness (QED) is 0.833. The Hall–Kier alpha value is -1.24. The van der Waals surface area contributed by atoms with Crippen LogP contribution >= 0.6 is 11.8 Å². The molecule has 0 radical (unpaired) electrons. The van der Waals surface area contributed by atoms with Crippen LogP contribution in [0, 0.1) is 0 Å². The smallest absolute Gasteiger partial charge is 0.323 e. The second-order valence-corrected chi connectivity index (χ2v) is 6.31. The van der Waals surface area contributed by atoms with Crippen LogP contribution in [-0.4, -0.2) is 39.1 Å². The van der Waals surface area contributed by atoms with Gasteiger partial charge in [0.1, 0.15) is 0 Å². The summed E-state index contributed by atoms with van der Waals surface area (Å²) in [6, 6.07) is 0.282. The van der Waals surface area contributed by atoms with Gasteiger partial charge in [-0.15, -0.1) is 0 Å². The first-order valence-electron chi connectivity index (χ1n) is 7.11. The molecule has 1 aromatic rings. The molecule has 0 unspecified atom stereocenters. The molecule has 0 amide bonds. The molecule has 0 spiro atoms. The van der Waals surface area contributed by atoms with Crippen molar-refractivity contribution in [2.45, 2.75) is 43.8 Å². The van der Waals surface area contributed by atoms with Crippen LogP contribution in [0.5, 0.6) is 6.01 Å². The molecular formula is C13H23N5OS. The molecule has 1 fully saturated rings. The van der Waals surface area contributed by atoms with Crippen molar-refractivity contribution in [1.29, 1.82) is 0 Å². The van der Waals surface area contributed by atoms with E-state index in [4.69, 9.17) is 10.5 Å². The molecule has 112 valence electrons. The highest BCUT2D eigenvalue weighted by Gasteiger charge is 2.31. The van der Waals surface area contributed by atoms with E-state index >= 15 is 0 Å². The van der Waals surface area contributed by atoms with Crippen LogP contribution in [-0.2, 0) is 0 Å². The van der Waals surface area contributed by atoms with Gasteiger partial charge in [0.25, 0.3) is 0 Å². The summed E-state index contributed by atoms with van der Waals surface area (Å²) in [5.74, 6) is 0.688. The number of nitrogen functional groups attached to an aromatic ring is 1. The van der Waals surface area contributed by atoms with Crippen molar-refractivity contribution in [3.63, 3.8) is 0 Å². The maximum atomic E-state index is 5.68. The standard InChI is InChI=1S/C13H23N5OS/c1-3-19-12-17-10(14)16-11(18-12)15-9-13(20-2)7-5-4-6-8-13/h3-9H2,1-2H3,(H3,14,15,16,17,18). The minimum atomic E-state index is 0.188. The zero-order chi connectivity index (χ0) is 14.4. The van der Waals surface area contributed by atoms with Crippen molar-refractivity contribution in [2.24, 2.45) is 0 Å². The highest BCUT2D eigenvalue weighted by Crippen LogP contribution is 2.38. The van der Waals surface area contributed by atoms with Crippen LogP contribution in [0.3, 0.4) is 0 Å². The molecule has 1 aliphatic carbocycles. The molecule has 2 rings (SSSR count). The maximum Gasteiger partial charge on any atom is 0.323 e. The lowest BCUT2D eigenvalue weighted by molar-refractivity contribution is 0.312. The van der Waals surface area contributed by atoms with Gasteiger partial charge in [-0.2, -0.15) is 26.7 Å². The molecule has 1 aromatic heterocycles. The van der Waals surface area contributed by atoms with Gasteiger partial charge in [0, 0.05) is 11.3 Å². The van der Waals surface area contributed by atoms with Crippen LogP contribution in [0.2, 0.25) is 0 Å². The van der Waals surface area contributed by atoms with Crippen molar-refractivity contribution in [2.75, 3.05) is 30.5 Å². The lowest BCUT2D eigenvalue weighted by Crippen LogP contribution is -2.36. The lowest BCUT2D eigenvalue weighted by atomic mass is 9.88. The normalized spacial score (nSPS) is 17.7. The van der Waals surface area contributed by atoms with Crippen molar-refractivity contribution < 1.29 is 4.74 Å². The Balaban J connectivity index is 2.02. The summed E-state index contributed by atoms with van der Waals surface area (Å²) in [7, 11) is 0. The van der Waals surface area contributed by atoms with Crippen LogP contribution in [0.15, 0.2) is 0 Å². The summed E-state index contributed by atoms with van der Waals surface area (Å²) in [5.41, 5.74) is 5.68. The maximum absolute atomic E-state index is 5.68. The molecule has 0 aliphatic heterocycles. The molecule has 0 aromatic carbocycles. The highest BCUT2D eigenvalue weighted by atomic mass is 32.2. The Bertz CT molecular complexity index is 437. The summed E-state index contributed by atoms with van der Waals surface area (Å²) in [4.78, 5) is 12.3. The number of ether oxygens (including phenoxy) is 1. The zero-order valence-corrected chi connectivity index (χ0v) is 13.0. The molecular weight excluding hydrogens is 274 g/mol. The average molecular weight is 297 g/mol. The van der Waals surface area contributed by atoms with Gasteiger partial charge in [0.2, 0.25) is 11.9 Å². The Morgan fingerprint density at radius 1 is 1.25 bits per heavy atom. The lowest BCUT2D eigenvalue weighted by Gasteiger charge is -2.35. The van der Waals surface area contributed by atoms with Gasteiger partial charge in [-0.05, 0) is 26.0 Å². The third kappa shape index (κ3) is 3.88. The number of anilines is 2. The molecule has 1 saturated carbocycles. The van der Waals surface area contributed by atoms with E-state index in [0.29, 0.717) is 12.6 Å². The van der Waals surface area contributed by atoms with E-state index in [1.54, 1.807) is 0 Å². The molecule has 3 N–H and O–H groups in total. The average Bonchev–Trinajstić information content (AvgIpc) is 2.46. The van der Waals surface area contributed by atoms with Crippen molar-refractivity contribution in [3.05, 3.63) is 0 Å². The number of hydrogen-bond acceptors (Lipinski definition) is 7. The van der Waals surface area contributed by atoms with Gasteiger partial charge < -0.3 is 15.8 Å². The van der Waals surface area contributed by atoms with E-state index < -0.39 is 0 Å². The predicted molar refractivity (Wildman–Crippen MR) is 83.2 cm³/mol. The fraction of sp³-hybridized carbons (Fsp3) is 0.769. The Labute approximate surface area is 124 Å². The molecule has 6 nitrogen and oxygen atoms in total. The number of thioether (sulfide) groups is 1. The number of nitrogens with two attached hydrogens (primary N) is 1. The minimum Gasteiger partial charge on any atom is -0.464 e. The Morgan fingerprint density at radius 3 is 2.65 bits per heavy atom. The van der Waals surface area contributed by atoms with Crippen LogP contribution < -0.4 is 15.8 Å². The number of hydrogen-bond donors (Lipinski definition) is 2. The monoisotopic (exact) mass is 297 g/mol. The van der Waals surface area contributed by atoms with E-state index in [9.17, 15) is 0 Å². The van der Waals surface area contributed by atoms with E-state index in [2.05, 4.69) is 26.5 Å². The number of nitrogens with zero attached hydrogens (tertiary/aromatic N) is 3. The molecule has 20 heavy (non-hydrogen) atoms. The third-order valence-corrected chi connectivity index (χ3v) is 5.09. The fourth-order valence-corrected chi connectivity index (χ4v) is 3.45. The van der Waals surface area contributed by atoms with Gasteiger partial charge in [-0.25, -0.2) is 0 Å². The van der Waals surface area contributed by atoms with Crippen LogP contribution in [0.25, 0.3) is 0 Å². The second kappa shape index (κ2) is 6.97. The first-order chi connectivity index (χ1) is 9.67. The van der Waals surface area contributed by atoms with Crippen molar-refractivity contribution >= 4 is 23.7 Å². The zero-order valence-electron chi connectivity index (χ0n) is 12.2. The van der Waals surface area contributed by atoms with E-state index in [0.717, 1.165) is 6.54 Å². The number of rotatable bonds is 6. The van der Waals surface area contributed by atoms with Crippen LogP contribution in [0.4, 0.5) is 11.9 Å². The summed E-state index contributed by atoms with van der Waals surface area (Å²) in [6.45, 7) is 3.25. The minimum absolute atomic E-state index is 0.188. The SMILES string of the molecule is CCOc1nc(N)nc(NCC2(SC)CCCCC2)n1. The van der Waals surface area contributed by atoms with Gasteiger partial charge in [-0.1, -0.05) is 19.3 Å². The molecule has 0 bridgehead atoms. The Morgan fingerprint density at radius 2 is 2.00 bits per heavy atom. The summed E-state index contributed by atoms with van der Waals surface area (Å²) in [5, 5.41) is 3.30. The topological polar surface area (TPSA) is 86.0 Å². The summed E-state index contributed by atoms with van der Waals surface area (Å²) >= 11 is 1.93. The molecule has 1 aliphatic rings. The molecule has 1 heterocycles. The fourth-order valence-electron chi connectivity index (χ4n) is 2.53. The van der Waals surface area contributed by atoms with Crippen molar-refractivity contribution in [1.82, 2.24) is 15.0 Å². The first-order valence-corrected chi connectivity index (χ1v) is 8.33.